The first-order chi connectivity index (χ1) is 10.3. The van der Waals surface area contributed by atoms with Gasteiger partial charge in [0.05, 0.1) is 16.3 Å². The molecule has 0 aliphatic rings. The fourth-order valence-electron chi connectivity index (χ4n) is 2.11. The summed E-state index contributed by atoms with van der Waals surface area (Å²) in [4.78, 5) is 6.85. The lowest BCUT2D eigenvalue weighted by Crippen LogP contribution is -2.15. The third-order valence-corrected chi connectivity index (χ3v) is 4.83. The van der Waals surface area contributed by atoms with Crippen molar-refractivity contribution in [1.29, 1.82) is 0 Å². The highest BCUT2D eigenvalue weighted by atomic mass is 32.1. The van der Waals surface area contributed by atoms with E-state index < -0.39 is 0 Å². The first-order valence-corrected chi connectivity index (χ1v) is 8.56. The van der Waals surface area contributed by atoms with Crippen molar-refractivity contribution in [3.05, 3.63) is 57.8 Å². The Labute approximate surface area is 130 Å². The molecule has 3 rings (SSSR count). The van der Waals surface area contributed by atoms with Gasteiger partial charge in [-0.05, 0) is 42.1 Å². The molecule has 0 atom stereocenters. The average molecular weight is 318 g/mol. The molecule has 21 heavy (non-hydrogen) atoms. The molecule has 1 aromatic carbocycles. The van der Waals surface area contributed by atoms with Gasteiger partial charge in [-0.3, -0.25) is 0 Å². The van der Waals surface area contributed by atoms with Crippen LogP contribution in [0.25, 0.3) is 10.6 Å². The van der Waals surface area contributed by atoms with E-state index in [2.05, 4.69) is 39.4 Å². The Morgan fingerprint density at radius 3 is 2.62 bits per heavy atom. The summed E-state index contributed by atoms with van der Waals surface area (Å²) in [6.45, 7) is 3.08. The molecule has 0 saturated heterocycles. The molecular weight excluding hydrogens is 303 g/mol. The summed E-state index contributed by atoms with van der Waals surface area (Å²) >= 11 is 3.35. The van der Waals surface area contributed by atoms with E-state index in [0.29, 0.717) is 0 Å². The maximum absolute atomic E-state index is 13.0. The zero-order valence-corrected chi connectivity index (χ0v) is 13.3. The summed E-state index contributed by atoms with van der Waals surface area (Å²) in [5.41, 5.74) is 1.98. The van der Waals surface area contributed by atoms with Crippen LogP contribution in [0.5, 0.6) is 0 Å². The standard InChI is InChI=1S/C16H15FN2S2/c1-2-9-19-14(15-4-3-10-20-15)11-21-16(19)18-13-7-5-12(17)6-8-13/h3-8,10-11H,2,9H2,1H3. The lowest BCUT2D eigenvalue weighted by molar-refractivity contribution is 0.628. The average Bonchev–Trinajstić information content (AvgIpc) is 3.12. The molecule has 0 fully saturated rings. The van der Waals surface area contributed by atoms with Gasteiger partial charge >= 0.3 is 0 Å². The monoisotopic (exact) mass is 318 g/mol. The van der Waals surface area contributed by atoms with E-state index in [0.717, 1.165) is 23.5 Å². The molecule has 108 valence electrons. The number of thiazole rings is 1. The molecule has 2 heterocycles. The van der Waals surface area contributed by atoms with Crippen LogP contribution in [0.15, 0.2) is 52.2 Å². The van der Waals surface area contributed by atoms with Gasteiger partial charge in [0.15, 0.2) is 4.80 Å². The second kappa shape index (κ2) is 6.37. The van der Waals surface area contributed by atoms with Gasteiger partial charge in [0.1, 0.15) is 5.82 Å². The smallest absolute Gasteiger partial charge is 0.190 e. The Balaban J connectivity index is 2.08. The summed E-state index contributed by atoms with van der Waals surface area (Å²) < 4.78 is 15.2. The van der Waals surface area contributed by atoms with E-state index in [1.807, 2.05) is 0 Å². The van der Waals surface area contributed by atoms with Crippen LogP contribution in [-0.4, -0.2) is 4.57 Å². The van der Waals surface area contributed by atoms with E-state index in [9.17, 15) is 4.39 Å². The topological polar surface area (TPSA) is 17.3 Å². The highest BCUT2D eigenvalue weighted by molar-refractivity contribution is 7.14. The maximum Gasteiger partial charge on any atom is 0.190 e. The fourth-order valence-corrected chi connectivity index (χ4v) is 3.88. The number of aromatic nitrogens is 1. The van der Waals surface area contributed by atoms with Crippen molar-refractivity contribution < 1.29 is 4.39 Å². The van der Waals surface area contributed by atoms with Crippen molar-refractivity contribution in [3.8, 4) is 10.6 Å². The highest BCUT2D eigenvalue weighted by Crippen LogP contribution is 2.25. The third kappa shape index (κ3) is 3.14. The van der Waals surface area contributed by atoms with Gasteiger partial charge in [0, 0.05) is 11.9 Å². The largest absolute Gasteiger partial charge is 0.316 e. The summed E-state index contributed by atoms with van der Waals surface area (Å²) in [6.07, 6.45) is 1.05. The van der Waals surface area contributed by atoms with Crippen molar-refractivity contribution in [2.45, 2.75) is 19.9 Å². The van der Waals surface area contributed by atoms with Gasteiger partial charge in [0.25, 0.3) is 0 Å². The summed E-state index contributed by atoms with van der Waals surface area (Å²) in [5, 5.41) is 4.23. The van der Waals surface area contributed by atoms with Crippen molar-refractivity contribution in [3.63, 3.8) is 0 Å². The molecule has 0 aliphatic heterocycles. The molecule has 5 heteroatoms. The summed E-state index contributed by atoms with van der Waals surface area (Å²) in [7, 11) is 0. The molecule has 2 nitrogen and oxygen atoms in total. The third-order valence-electron chi connectivity index (χ3n) is 3.07. The Morgan fingerprint density at radius 1 is 1.14 bits per heavy atom. The maximum atomic E-state index is 13.0. The lowest BCUT2D eigenvalue weighted by Gasteiger charge is -2.05. The van der Waals surface area contributed by atoms with Crippen molar-refractivity contribution >= 4 is 28.4 Å². The Hall–Kier alpha value is -1.72. The summed E-state index contributed by atoms with van der Waals surface area (Å²) in [6, 6.07) is 10.5. The van der Waals surface area contributed by atoms with Crippen molar-refractivity contribution in [2.24, 2.45) is 4.99 Å². The molecule has 0 radical (unpaired) electrons. The molecule has 0 saturated carbocycles. The SMILES string of the molecule is CCCn1c(-c2cccs2)csc1=Nc1ccc(F)cc1. The van der Waals surface area contributed by atoms with E-state index >= 15 is 0 Å². The van der Waals surface area contributed by atoms with Crippen LogP contribution >= 0.6 is 22.7 Å². The first kappa shape index (κ1) is 14.2. The fraction of sp³-hybridized carbons (Fsp3) is 0.188. The number of halogens is 1. The number of benzene rings is 1. The summed E-state index contributed by atoms with van der Waals surface area (Å²) in [5.74, 6) is -0.235. The van der Waals surface area contributed by atoms with Gasteiger partial charge in [-0.2, -0.15) is 0 Å². The van der Waals surface area contributed by atoms with Crippen LogP contribution in [0.2, 0.25) is 0 Å². The number of thiophene rings is 1. The quantitative estimate of drug-likeness (QED) is 0.640. The number of hydrogen-bond donors (Lipinski definition) is 0. The first-order valence-electron chi connectivity index (χ1n) is 6.80. The van der Waals surface area contributed by atoms with E-state index in [4.69, 9.17) is 0 Å². The van der Waals surface area contributed by atoms with Crippen LogP contribution in [-0.2, 0) is 6.54 Å². The van der Waals surface area contributed by atoms with Crippen LogP contribution in [0.1, 0.15) is 13.3 Å². The van der Waals surface area contributed by atoms with E-state index in [1.165, 1.54) is 22.7 Å². The van der Waals surface area contributed by atoms with Crippen molar-refractivity contribution in [1.82, 2.24) is 4.57 Å². The zero-order chi connectivity index (χ0) is 14.7. The lowest BCUT2D eigenvalue weighted by atomic mass is 10.3. The molecule has 0 unspecified atom stereocenters. The van der Waals surface area contributed by atoms with Gasteiger partial charge in [-0.25, -0.2) is 9.38 Å². The van der Waals surface area contributed by atoms with Gasteiger partial charge in [-0.15, -0.1) is 22.7 Å². The Kier molecular flexibility index (Phi) is 4.31. The molecule has 0 amide bonds. The second-order valence-electron chi connectivity index (χ2n) is 4.62. The van der Waals surface area contributed by atoms with Crippen LogP contribution in [0.4, 0.5) is 10.1 Å². The minimum atomic E-state index is -0.235. The Morgan fingerprint density at radius 2 is 1.95 bits per heavy atom. The molecule has 3 aromatic rings. The molecule has 0 N–H and O–H groups in total. The van der Waals surface area contributed by atoms with Gasteiger partial charge < -0.3 is 4.57 Å². The van der Waals surface area contributed by atoms with Gasteiger partial charge in [0.2, 0.25) is 0 Å². The van der Waals surface area contributed by atoms with E-state index in [-0.39, 0.29) is 5.82 Å². The molecule has 2 aromatic heterocycles. The van der Waals surface area contributed by atoms with Crippen LogP contribution in [0.3, 0.4) is 0 Å². The molecule has 0 bridgehead atoms. The molecular formula is C16H15FN2S2. The van der Waals surface area contributed by atoms with Crippen LogP contribution in [0, 0.1) is 5.82 Å². The van der Waals surface area contributed by atoms with Crippen LogP contribution < -0.4 is 4.80 Å². The Bertz CT molecular complexity index is 767. The van der Waals surface area contributed by atoms with Gasteiger partial charge in [-0.1, -0.05) is 13.0 Å². The predicted octanol–water partition coefficient (Wildman–Crippen LogP) is 5.06. The number of rotatable bonds is 4. The molecule has 0 aliphatic carbocycles. The molecule has 0 spiro atoms. The minimum absolute atomic E-state index is 0.235. The second-order valence-corrected chi connectivity index (χ2v) is 6.40. The number of hydrogen-bond acceptors (Lipinski definition) is 3. The normalized spacial score (nSPS) is 12.0. The zero-order valence-electron chi connectivity index (χ0n) is 11.6. The predicted molar refractivity (Wildman–Crippen MR) is 87.5 cm³/mol. The number of nitrogens with zero attached hydrogens (tertiary/aromatic N) is 2. The minimum Gasteiger partial charge on any atom is -0.316 e. The van der Waals surface area contributed by atoms with Crippen molar-refractivity contribution in [2.75, 3.05) is 0 Å². The highest BCUT2D eigenvalue weighted by Gasteiger charge is 2.08. The van der Waals surface area contributed by atoms with E-state index in [1.54, 1.807) is 34.8 Å².